The van der Waals surface area contributed by atoms with Crippen molar-refractivity contribution in [2.24, 2.45) is 0 Å². The van der Waals surface area contributed by atoms with Crippen molar-refractivity contribution in [2.75, 3.05) is 6.54 Å². The second kappa shape index (κ2) is 4.28. The Hall–Kier alpha value is -1.03. The van der Waals surface area contributed by atoms with Crippen molar-refractivity contribution in [1.82, 2.24) is 5.32 Å². The van der Waals surface area contributed by atoms with Crippen LogP contribution in [0.2, 0.25) is 0 Å². The van der Waals surface area contributed by atoms with Gasteiger partial charge in [-0.05, 0) is 25.1 Å². The summed E-state index contributed by atoms with van der Waals surface area (Å²) >= 11 is 4.05. The molecule has 70 valence electrons. The summed E-state index contributed by atoms with van der Waals surface area (Å²) < 4.78 is 12.7. The second-order valence-electron chi connectivity index (χ2n) is 2.52. The molecule has 1 N–H and O–H groups in total. The molecule has 1 aromatic rings. The van der Waals surface area contributed by atoms with E-state index in [0.717, 1.165) is 0 Å². The third kappa shape index (κ3) is 2.45. The van der Waals surface area contributed by atoms with Gasteiger partial charge in [-0.2, -0.15) is 0 Å². The molecule has 1 rings (SSSR count). The maximum atomic E-state index is 12.7. The molecule has 0 aliphatic heterocycles. The molecule has 1 amide bonds. The Labute approximate surface area is 81.6 Å². The molecule has 0 aliphatic rings. The Morgan fingerprint density at radius 3 is 2.92 bits per heavy atom. The van der Waals surface area contributed by atoms with Gasteiger partial charge in [-0.15, -0.1) is 12.6 Å². The first-order valence-corrected chi connectivity index (χ1v) is 4.36. The summed E-state index contributed by atoms with van der Waals surface area (Å²) in [4.78, 5) is 11.8. The van der Waals surface area contributed by atoms with E-state index in [1.165, 1.54) is 18.2 Å². The van der Waals surface area contributed by atoms with Gasteiger partial charge >= 0.3 is 0 Å². The number of carbonyl (C=O) groups excluding carboxylic acids is 1. The van der Waals surface area contributed by atoms with E-state index in [2.05, 4.69) is 17.9 Å². The van der Waals surface area contributed by atoms with E-state index in [-0.39, 0.29) is 11.5 Å². The number of halogens is 1. The van der Waals surface area contributed by atoms with Crippen LogP contribution in [-0.2, 0) is 0 Å². The van der Waals surface area contributed by atoms with Gasteiger partial charge in [0.25, 0.3) is 5.91 Å². The average Bonchev–Trinajstić information content (AvgIpc) is 2.09. The molecule has 0 atom stereocenters. The van der Waals surface area contributed by atoms with Crippen LogP contribution in [-0.4, -0.2) is 12.5 Å². The first-order chi connectivity index (χ1) is 6.15. The van der Waals surface area contributed by atoms with Crippen LogP contribution < -0.4 is 5.32 Å². The fourth-order valence-electron chi connectivity index (χ4n) is 0.946. The minimum atomic E-state index is -0.431. The lowest BCUT2D eigenvalue weighted by molar-refractivity contribution is 0.0952. The van der Waals surface area contributed by atoms with Gasteiger partial charge in [0.15, 0.2) is 0 Å². The van der Waals surface area contributed by atoms with Crippen LogP contribution in [0.5, 0.6) is 0 Å². The SMILES string of the molecule is CCNC(=O)c1cc(F)ccc1S. The molecule has 0 saturated carbocycles. The highest BCUT2D eigenvalue weighted by Crippen LogP contribution is 2.14. The van der Waals surface area contributed by atoms with E-state index < -0.39 is 5.82 Å². The Kier molecular flexibility index (Phi) is 3.31. The standard InChI is InChI=1S/C9H10FNOS/c1-2-11-9(12)7-5-6(10)3-4-8(7)13/h3-5,13H,2H2,1H3,(H,11,12). The van der Waals surface area contributed by atoms with Gasteiger partial charge in [-0.1, -0.05) is 0 Å². The molecule has 0 unspecified atom stereocenters. The quantitative estimate of drug-likeness (QED) is 0.699. The molecule has 4 heteroatoms. The molecule has 1 aromatic carbocycles. The lowest BCUT2D eigenvalue weighted by atomic mass is 10.2. The van der Waals surface area contributed by atoms with Crippen LogP contribution >= 0.6 is 12.6 Å². The summed E-state index contributed by atoms with van der Waals surface area (Å²) in [5.74, 6) is -0.731. The Morgan fingerprint density at radius 1 is 1.62 bits per heavy atom. The maximum absolute atomic E-state index is 12.7. The molecular weight excluding hydrogens is 189 g/mol. The minimum Gasteiger partial charge on any atom is -0.352 e. The second-order valence-corrected chi connectivity index (χ2v) is 3.00. The summed E-state index contributed by atoms with van der Waals surface area (Å²) in [6, 6.07) is 3.90. The van der Waals surface area contributed by atoms with E-state index >= 15 is 0 Å². The van der Waals surface area contributed by atoms with Gasteiger partial charge in [0, 0.05) is 11.4 Å². The molecule has 0 bridgehead atoms. The number of thiol groups is 1. The number of amides is 1. The fourth-order valence-corrected chi connectivity index (χ4v) is 1.19. The molecule has 0 fully saturated rings. The third-order valence-electron chi connectivity index (χ3n) is 1.54. The Balaban J connectivity index is 2.99. The molecule has 0 aliphatic carbocycles. The summed E-state index contributed by atoms with van der Waals surface area (Å²) in [6.45, 7) is 2.32. The smallest absolute Gasteiger partial charge is 0.252 e. The van der Waals surface area contributed by atoms with Crippen molar-refractivity contribution in [3.05, 3.63) is 29.6 Å². The van der Waals surface area contributed by atoms with Crippen LogP contribution in [0.1, 0.15) is 17.3 Å². The van der Waals surface area contributed by atoms with Gasteiger partial charge in [0.1, 0.15) is 5.82 Å². The number of benzene rings is 1. The van der Waals surface area contributed by atoms with Crippen molar-refractivity contribution in [3.63, 3.8) is 0 Å². The van der Waals surface area contributed by atoms with E-state index in [1.54, 1.807) is 6.92 Å². The topological polar surface area (TPSA) is 29.1 Å². The van der Waals surface area contributed by atoms with Crippen LogP contribution in [0.3, 0.4) is 0 Å². The van der Waals surface area contributed by atoms with Gasteiger partial charge < -0.3 is 5.32 Å². The predicted molar refractivity (Wildman–Crippen MR) is 51.7 cm³/mol. The summed E-state index contributed by atoms with van der Waals surface area (Å²) in [7, 11) is 0. The Morgan fingerprint density at radius 2 is 2.31 bits per heavy atom. The zero-order valence-corrected chi connectivity index (χ0v) is 8.07. The maximum Gasteiger partial charge on any atom is 0.252 e. The van der Waals surface area contributed by atoms with Gasteiger partial charge in [0.2, 0.25) is 0 Å². The van der Waals surface area contributed by atoms with E-state index in [4.69, 9.17) is 0 Å². The molecular formula is C9H10FNOS. The van der Waals surface area contributed by atoms with E-state index in [0.29, 0.717) is 11.4 Å². The highest BCUT2D eigenvalue weighted by Gasteiger charge is 2.08. The predicted octanol–water partition coefficient (Wildman–Crippen LogP) is 1.86. The summed E-state index contributed by atoms with van der Waals surface area (Å²) in [5.41, 5.74) is 0.269. The van der Waals surface area contributed by atoms with Crippen LogP contribution in [0.25, 0.3) is 0 Å². The number of rotatable bonds is 2. The van der Waals surface area contributed by atoms with Crippen molar-refractivity contribution in [3.8, 4) is 0 Å². The first kappa shape index (κ1) is 10.1. The van der Waals surface area contributed by atoms with Crippen molar-refractivity contribution >= 4 is 18.5 Å². The van der Waals surface area contributed by atoms with Crippen molar-refractivity contribution in [2.45, 2.75) is 11.8 Å². The zero-order valence-electron chi connectivity index (χ0n) is 7.17. The fraction of sp³-hybridized carbons (Fsp3) is 0.222. The lowest BCUT2D eigenvalue weighted by Crippen LogP contribution is -2.23. The summed E-state index contributed by atoms with van der Waals surface area (Å²) in [6.07, 6.45) is 0. The number of nitrogens with one attached hydrogen (secondary N) is 1. The molecule has 0 aromatic heterocycles. The minimum absolute atomic E-state index is 0.269. The highest BCUT2D eigenvalue weighted by atomic mass is 32.1. The van der Waals surface area contributed by atoms with Gasteiger partial charge in [0.05, 0.1) is 5.56 Å². The zero-order chi connectivity index (χ0) is 9.84. The monoisotopic (exact) mass is 199 g/mol. The lowest BCUT2D eigenvalue weighted by Gasteiger charge is -2.04. The number of hydrogen-bond donors (Lipinski definition) is 2. The molecule has 0 heterocycles. The van der Waals surface area contributed by atoms with Crippen LogP contribution in [0, 0.1) is 5.82 Å². The van der Waals surface area contributed by atoms with Gasteiger partial charge in [-0.25, -0.2) is 4.39 Å². The molecule has 0 radical (unpaired) electrons. The molecule has 0 spiro atoms. The van der Waals surface area contributed by atoms with Crippen LogP contribution in [0.15, 0.2) is 23.1 Å². The number of carbonyl (C=O) groups is 1. The van der Waals surface area contributed by atoms with E-state index in [9.17, 15) is 9.18 Å². The molecule has 0 saturated heterocycles. The van der Waals surface area contributed by atoms with E-state index in [1.807, 2.05) is 0 Å². The largest absolute Gasteiger partial charge is 0.352 e. The number of hydrogen-bond acceptors (Lipinski definition) is 2. The highest BCUT2D eigenvalue weighted by molar-refractivity contribution is 7.80. The molecule has 2 nitrogen and oxygen atoms in total. The van der Waals surface area contributed by atoms with Gasteiger partial charge in [-0.3, -0.25) is 4.79 Å². The van der Waals surface area contributed by atoms with Crippen LogP contribution in [0.4, 0.5) is 4.39 Å². The first-order valence-electron chi connectivity index (χ1n) is 3.92. The Bertz CT molecular complexity index is 327. The van der Waals surface area contributed by atoms with Crippen molar-refractivity contribution < 1.29 is 9.18 Å². The molecule has 13 heavy (non-hydrogen) atoms. The third-order valence-corrected chi connectivity index (χ3v) is 1.93. The average molecular weight is 199 g/mol. The van der Waals surface area contributed by atoms with Crippen molar-refractivity contribution in [1.29, 1.82) is 0 Å². The normalized spacial score (nSPS) is 9.77. The summed E-state index contributed by atoms with van der Waals surface area (Å²) in [5, 5.41) is 2.58.